The van der Waals surface area contributed by atoms with E-state index in [1.807, 2.05) is 6.20 Å². The Morgan fingerprint density at radius 2 is 2.00 bits per heavy atom. The zero-order valence-corrected chi connectivity index (χ0v) is 11.2. The number of fused-ring (bicyclic) bond motifs is 1. The molecule has 0 fully saturated rings. The maximum atomic E-state index is 6.33. The molecule has 2 heterocycles. The van der Waals surface area contributed by atoms with Gasteiger partial charge in [0.1, 0.15) is 5.60 Å². The van der Waals surface area contributed by atoms with E-state index in [0.29, 0.717) is 5.92 Å². The second kappa shape index (κ2) is 3.33. The van der Waals surface area contributed by atoms with Gasteiger partial charge in [0, 0.05) is 0 Å². The van der Waals surface area contributed by atoms with E-state index in [4.69, 9.17) is 4.74 Å². The number of hydrogen-bond donors (Lipinski definition) is 0. The fourth-order valence-corrected chi connectivity index (χ4v) is 2.65. The minimum atomic E-state index is -0.234. The normalized spacial score (nSPS) is 28.2. The van der Waals surface area contributed by atoms with Crippen molar-refractivity contribution >= 4 is 0 Å². The Kier molecular flexibility index (Phi) is 2.42. The van der Waals surface area contributed by atoms with Crippen molar-refractivity contribution in [2.75, 3.05) is 0 Å². The van der Waals surface area contributed by atoms with Crippen molar-refractivity contribution in [1.29, 1.82) is 0 Å². The van der Waals surface area contributed by atoms with Crippen molar-refractivity contribution in [2.45, 2.75) is 59.3 Å². The van der Waals surface area contributed by atoms with Crippen molar-refractivity contribution < 1.29 is 4.74 Å². The van der Waals surface area contributed by atoms with Gasteiger partial charge in [0.05, 0.1) is 24.0 Å². The third kappa shape index (κ3) is 1.58. The first-order valence-corrected chi connectivity index (χ1v) is 5.99. The van der Waals surface area contributed by atoms with E-state index in [-0.39, 0.29) is 11.2 Å². The summed E-state index contributed by atoms with van der Waals surface area (Å²) in [7, 11) is 0. The standard InChI is InChI=1S/C13H22N2O/c1-9(2)13(6)11-10(3)7-14-15(11)8-12(4,5)16-13/h7,9H,8H2,1-6H3. The monoisotopic (exact) mass is 222 g/mol. The molecule has 1 aliphatic rings. The zero-order valence-electron chi connectivity index (χ0n) is 11.2. The number of hydrogen-bond acceptors (Lipinski definition) is 2. The fraction of sp³-hybridized carbons (Fsp3) is 0.769. The molecule has 0 amide bonds. The van der Waals surface area contributed by atoms with E-state index in [2.05, 4.69) is 51.3 Å². The van der Waals surface area contributed by atoms with Crippen LogP contribution in [0.1, 0.15) is 45.9 Å². The molecule has 1 aromatic heterocycles. The van der Waals surface area contributed by atoms with Crippen LogP contribution in [-0.4, -0.2) is 15.4 Å². The Morgan fingerprint density at radius 1 is 1.38 bits per heavy atom. The minimum Gasteiger partial charge on any atom is -0.361 e. The van der Waals surface area contributed by atoms with E-state index in [0.717, 1.165) is 6.54 Å². The van der Waals surface area contributed by atoms with Crippen LogP contribution in [-0.2, 0) is 16.9 Å². The third-order valence-electron chi connectivity index (χ3n) is 3.61. The maximum Gasteiger partial charge on any atom is 0.110 e. The van der Waals surface area contributed by atoms with Gasteiger partial charge in [0.15, 0.2) is 0 Å². The highest BCUT2D eigenvalue weighted by Gasteiger charge is 2.45. The summed E-state index contributed by atoms with van der Waals surface area (Å²) in [6, 6.07) is 0. The first-order chi connectivity index (χ1) is 7.26. The topological polar surface area (TPSA) is 27.1 Å². The summed E-state index contributed by atoms with van der Waals surface area (Å²) in [5.74, 6) is 0.432. The molecule has 0 N–H and O–H groups in total. The van der Waals surface area contributed by atoms with Crippen LogP contribution in [0.15, 0.2) is 6.20 Å². The molecule has 90 valence electrons. The van der Waals surface area contributed by atoms with Crippen LogP contribution in [0.5, 0.6) is 0 Å². The van der Waals surface area contributed by atoms with Gasteiger partial charge in [0.25, 0.3) is 0 Å². The van der Waals surface area contributed by atoms with Gasteiger partial charge >= 0.3 is 0 Å². The second-order valence-corrected chi connectivity index (χ2v) is 5.96. The Labute approximate surface area is 97.8 Å². The van der Waals surface area contributed by atoms with E-state index < -0.39 is 0 Å². The lowest BCUT2D eigenvalue weighted by atomic mass is 9.84. The molecular weight excluding hydrogens is 200 g/mol. The van der Waals surface area contributed by atoms with Crippen LogP contribution in [0, 0.1) is 12.8 Å². The summed E-state index contributed by atoms with van der Waals surface area (Å²) >= 11 is 0. The molecular formula is C13H22N2O. The van der Waals surface area contributed by atoms with Gasteiger partial charge in [0.2, 0.25) is 0 Å². The molecule has 0 saturated carbocycles. The van der Waals surface area contributed by atoms with Gasteiger partial charge in [-0.1, -0.05) is 13.8 Å². The van der Waals surface area contributed by atoms with E-state index >= 15 is 0 Å². The van der Waals surface area contributed by atoms with Gasteiger partial charge in [-0.05, 0) is 39.2 Å². The summed E-state index contributed by atoms with van der Waals surface area (Å²) < 4.78 is 8.44. The fourth-order valence-electron chi connectivity index (χ4n) is 2.65. The Morgan fingerprint density at radius 3 is 2.56 bits per heavy atom. The average Bonchev–Trinajstić information content (AvgIpc) is 2.45. The summed E-state index contributed by atoms with van der Waals surface area (Å²) in [6.45, 7) is 13.8. The second-order valence-electron chi connectivity index (χ2n) is 5.96. The van der Waals surface area contributed by atoms with Gasteiger partial charge in [-0.25, -0.2) is 0 Å². The van der Waals surface area contributed by atoms with Crippen molar-refractivity contribution in [3.8, 4) is 0 Å². The molecule has 3 nitrogen and oxygen atoms in total. The first kappa shape index (κ1) is 11.6. The lowest BCUT2D eigenvalue weighted by Crippen LogP contribution is -2.49. The summed E-state index contributed by atoms with van der Waals surface area (Å²) in [5.41, 5.74) is 2.08. The summed E-state index contributed by atoms with van der Waals surface area (Å²) in [6.07, 6.45) is 1.95. The molecule has 1 aromatic rings. The van der Waals surface area contributed by atoms with Crippen LogP contribution in [0.2, 0.25) is 0 Å². The lowest BCUT2D eigenvalue weighted by Gasteiger charge is -2.46. The number of ether oxygens (including phenoxy) is 1. The average molecular weight is 222 g/mol. The van der Waals surface area contributed by atoms with Gasteiger partial charge in [-0.3, -0.25) is 4.68 Å². The third-order valence-corrected chi connectivity index (χ3v) is 3.61. The molecule has 0 aromatic carbocycles. The predicted molar refractivity (Wildman–Crippen MR) is 64.3 cm³/mol. The molecule has 0 spiro atoms. The van der Waals surface area contributed by atoms with Crippen LogP contribution >= 0.6 is 0 Å². The maximum absolute atomic E-state index is 6.33. The van der Waals surface area contributed by atoms with Crippen LogP contribution in [0.3, 0.4) is 0 Å². The molecule has 1 unspecified atom stereocenters. The number of aromatic nitrogens is 2. The Balaban J connectivity index is 2.58. The molecule has 0 bridgehead atoms. The zero-order chi connectivity index (χ0) is 12.1. The van der Waals surface area contributed by atoms with Crippen molar-refractivity contribution in [3.05, 3.63) is 17.5 Å². The van der Waals surface area contributed by atoms with Gasteiger partial charge in [-0.2, -0.15) is 5.10 Å². The molecule has 16 heavy (non-hydrogen) atoms. The van der Waals surface area contributed by atoms with Crippen LogP contribution in [0.4, 0.5) is 0 Å². The smallest absolute Gasteiger partial charge is 0.110 e. The molecule has 1 atom stereocenters. The molecule has 0 aliphatic carbocycles. The van der Waals surface area contributed by atoms with E-state index in [9.17, 15) is 0 Å². The molecule has 2 rings (SSSR count). The molecule has 0 saturated heterocycles. The highest BCUT2D eigenvalue weighted by Crippen LogP contribution is 2.42. The summed E-state index contributed by atoms with van der Waals surface area (Å²) in [4.78, 5) is 0. The number of rotatable bonds is 1. The number of nitrogens with zero attached hydrogens (tertiary/aromatic N) is 2. The van der Waals surface area contributed by atoms with Crippen LogP contribution in [0.25, 0.3) is 0 Å². The van der Waals surface area contributed by atoms with Crippen molar-refractivity contribution in [3.63, 3.8) is 0 Å². The lowest BCUT2D eigenvalue weighted by molar-refractivity contribution is -0.189. The molecule has 3 heteroatoms. The largest absolute Gasteiger partial charge is 0.361 e. The minimum absolute atomic E-state index is 0.148. The highest BCUT2D eigenvalue weighted by molar-refractivity contribution is 5.25. The van der Waals surface area contributed by atoms with Crippen LogP contribution < -0.4 is 0 Å². The Hall–Kier alpha value is -0.830. The SMILES string of the molecule is Cc1cnn2c1C(C)(C(C)C)OC(C)(C)C2. The Bertz CT molecular complexity index is 406. The van der Waals surface area contributed by atoms with Gasteiger partial charge < -0.3 is 4.74 Å². The first-order valence-electron chi connectivity index (χ1n) is 5.99. The quantitative estimate of drug-likeness (QED) is 0.730. The van der Waals surface area contributed by atoms with E-state index in [1.54, 1.807) is 0 Å². The van der Waals surface area contributed by atoms with Gasteiger partial charge in [-0.15, -0.1) is 0 Å². The molecule has 0 radical (unpaired) electrons. The van der Waals surface area contributed by atoms with E-state index in [1.165, 1.54) is 11.3 Å². The number of aryl methyl sites for hydroxylation is 1. The predicted octanol–water partition coefficient (Wildman–Crippen LogP) is 2.87. The highest BCUT2D eigenvalue weighted by atomic mass is 16.5. The van der Waals surface area contributed by atoms with Crippen molar-refractivity contribution in [2.24, 2.45) is 5.92 Å². The summed E-state index contributed by atoms with van der Waals surface area (Å²) in [5, 5.41) is 4.47. The molecule has 1 aliphatic heterocycles. The van der Waals surface area contributed by atoms with Crippen molar-refractivity contribution in [1.82, 2.24) is 9.78 Å².